The van der Waals surface area contributed by atoms with Crippen molar-refractivity contribution in [1.82, 2.24) is 0 Å². The van der Waals surface area contributed by atoms with Crippen LogP contribution >= 0.6 is 0 Å². The van der Waals surface area contributed by atoms with Crippen LogP contribution in [-0.4, -0.2) is 12.5 Å². The Balaban J connectivity index is 2.39. The number of aryl methyl sites for hydroxylation is 1. The first kappa shape index (κ1) is 15.3. The van der Waals surface area contributed by atoms with Crippen LogP contribution in [0.4, 0.5) is 5.69 Å². The van der Waals surface area contributed by atoms with Crippen molar-refractivity contribution >= 4 is 11.6 Å². The number of carbonyl (C=O) groups excluding carboxylic acids is 1. The van der Waals surface area contributed by atoms with Crippen molar-refractivity contribution in [3.63, 3.8) is 0 Å². The average Bonchev–Trinajstić information content (AvgIpc) is 2.50. The van der Waals surface area contributed by atoms with E-state index < -0.39 is 5.54 Å². The Kier molecular flexibility index (Phi) is 4.43. The van der Waals surface area contributed by atoms with Crippen molar-refractivity contribution < 1.29 is 4.79 Å². The highest BCUT2D eigenvalue weighted by Gasteiger charge is 2.34. The maximum Gasteiger partial charge on any atom is 0.251 e. The zero-order chi connectivity index (χ0) is 15.5. The minimum atomic E-state index is -1.04. The molecule has 1 amide bonds. The summed E-state index contributed by atoms with van der Waals surface area (Å²) in [6.07, 6.45) is 0. The minimum Gasteiger partial charge on any atom is -0.314 e. The highest BCUT2D eigenvalue weighted by Crippen LogP contribution is 2.26. The Morgan fingerprint density at radius 1 is 1.10 bits per heavy atom. The lowest BCUT2D eigenvalue weighted by Crippen LogP contribution is -2.51. The second-order valence-electron chi connectivity index (χ2n) is 5.40. The normalized spacial score (nSPS) is 13.5. The molecule has 0 saturated heterocycles. The van der Waals surface area contributed by atoms with Gasteiger partial charge in [0.2, 0.25) is 0 Å². The van der Waals surface area contributed by atoms with Gasteiger partial charge in [0.25, 0.3) is 5.91 Å². The molecule has 1 unspecified atom stereocenters. The van der Waals surface area contributed by atoms with Gasteiger partial charge in [0.15, 0.2) is 0 Å². The Hall–Kier alpha value is -2.13. The molecule has 2 aromatic rings. The number of benzene rings is 2. The fraction of sp³-hybridized carbons (Fsp3) is 0.278. The van der Waals surface area contributed by atoms with E-state index in [2.05, 4.69) is 0 Å². The highest BCUT2D eigenvalue weighted by atomic mass is 16.2. The summed E-state index contributed by atoms with van der Waals surface area (Å²) in [5.41, 5.74) is 8.11. The van der Waals surface area contributed by atoms with Gasteiger partial charge in [-0.15, -0.1) is 0 Å². The van der Waals surface area contributed by atoms with Crippen LogP contribution in [0.25, 0.3) is 0 Å². The SMILES string of the molecule is CCN(C(=O)C(C)(N)c1ccccc1)c1ccccc1C. The molecule has 21 heavy (non-hydrogen) atoms. The van der Waals surface area contributed by atoms with Gasteiger partial charge < -0.3 is 10.6 Å². The summed E-state index contributed by atoms with van der Waals surface area (Å²) in [6.45, 7) is 6.32. The number of para-hydroxylation sites is 1. The topological polar surface area (TPSA) is 46.3 Å². The van der Waals surface area contributed by atoms with E-state index in [1.165, 1.54) is 0 Å². The maximum absolute atomic E-state index is 13.0. The molecular formula is C18H22N2O. The summed E-state index contributed by atoms with van der Waals surface area (Å²) in [5, 5.41) is 0. The van der Waals surface area contributed by atoms with Crippen molar-refractivity contribution in [1.29, 1.82) is 0 Å². The van der Waals surface area contributed by atoms with Crippen molar-refractivity contribution in [2.24, 2.45) is 5.73 Å². The van der Waals surface area contributed by atoms with Crippen LogP contribution in [0.5, 0.6) is 0 Å². The highest BCUT2D eigenvalue weighted by molar-refractivity contribution is 6.00. The minimum absolute atomic E-state index is 0.0921. The molecule has 0 aliphatic heterocycles. The van der Waals surface area contributed by atoms with Gasteiger partial charge in [-0.05, 0) is 38.0 Å². The number of carbonyl (C=O) groups is 1. The number of likely N-dealkylation sites (N-methyl/N-ethyl adjacent to an activating group) is 1. The lowest BCUT2D eigenvalue weighted by atomic mass is 9.91. The van der Waals surface area contributed by atoms with E-state index in [-0.39, 0.29) is 5.91 Å². The molecule has 0 spiro atoms. The van der Waals surface area contributed by atoms with Gasteiger partial charge in [-0.3, -0.25) is 4.79 Å². The van der Waals surface area contributed by atoms with Gasteiger partial charge >= 0.3 is 0 Å². The molecule has 2 N–H and O–H groups in total. The summed E-state index contributed by atoms with van der Waals surface area (Å²) in [6, 6.07) is 17.4. The first-order valence-electron chi connectivity index (χ1n) is 7.20. The fourth-order valence-electron chi connectivity index (χ4n) is 2.48. The van der Waals surface area contributed by atoms with Crippen LogP contribution in [0.15, 0.2) is 54.6 Å². The van der Waals surface area contributed by atoms with Gasteiger partial charge in [-0.1, -0.05) is 48.5 Å². The van der Waals surface area contributed by atoms with Gasteiger partial charge in [-0.25, -0.2) is 0 Å². The van der Waals surface area contributed by atoms with E-state index in [4.69, 9.17) is 5.73 Å². The molecule has 0 bridgehead atoms. The Labute approximate surface area is 126 Å². The zero-order valence-corrected chi connectivity index (χ0v) is 12.8. The summed E-state index contributed by atoms with van der Waals surface area (Å²) in [5.74, 6) is -0.0921. The standard InChI is InChI=1S/C18H22N2O/c1-4-20(16-13-9-8-10-14(16)2)17(21)18(3,19)15-11-6-5-7-12-15/h5-13H,4,19H2,1-3H3. The van der Waals surface area contributed by atoms with Crippen LogP contribution in [0.2, 0.25) is 0 Å². The molecule has 3 heteroatoms. The van der Waals surface area contributed by atoms with Gasteiger partial charge in [0, 0.05) is 12.2 Å². The molecule has 0 heterocycles. The number of anilines is 1. The molecule has 0 aliphatic carbocycles. The predicted molar refractivity (Wildman–Crippen MR) is 87.2 cm³/mol. The van der Waals surface area contributed by atoms with Crippen LogP contribution in [-0.2, 0) is 10.3 Å². The molecule has 110 valence electrons. The van der Waals surface area contributed by atoms with E-state index in [9.17, 15) is 4.79 Å². The van der Waals surface area contributed by atoms with Crippen LogP contribution in [0, 0.1) is 6.92 Å². The van der Waals surface area contributed by atoms with Crippen LogP contribution in [0.1, 0.15) is 25.0 Å². The van der Waals surface area contributed by atoms with Gasteiger partial charge in [0.05, 0.1) is 0 Å². The number of nitrogens with zero attached hydrogens (tertiary/aromatic N) is 1. The summed E-state index contributed by atoms with van der Waals surface area (Å²) in [4.78, 5) is 14.7. The van der Waals surface area contributed by atoms with Gasteiger partial charge in [0.1, 0.15) is 5.54 Å². The smallest absolute Gasteiger partial charge is 0.251 e. The molecule has 0 radical (unpaired) electrons. The zero-order valence-electron chi connectivity index (χ0n) is 12.8. The predicted octanol–water partition coefficient (Wildman–Crippen LogP) is 3.22. The van der Waals surface area contributed by atoms with Crippen molar-refractivity contribution in [2.45, 2.75) is 26.3 Å². The monoisotopic (exact) mass is 282 g/mol. The molecule has 0 fully saturated rings. The lowest BCUT2D eigenvalue weighted by Gasteiger charge is -2.32. The second-order valence-corrected chi connectivity index (χ2v) is 5.40. The molecule has 1 atom stereocenters. The van der Waals surface area contributed by atoms with E-state index >= 15 is 0 Å². The third-order valence-electron chi connectivity index (χ3n) is 3.79. The molecule has 0 saturated carbocycles. The van der Waals surface area contributed by atoms with E-state index in [0.29, 0.717) is 6.54 Å². The molecule has 0 aromatic heterocycles. The number of rotatable bonds is 4. The van der Waals surface area contributed by atoms with Gasteiger partial charge in [-0.2, -0.15) is 0 Å². The quantitative estimate of drug-likeness (QED) is 0.936. The average molecular weight is 282 g/mol. The van der Waals surface area contributed by atoms with Crippen LogP contribution < -0.4 is 10.6 Å². The number of hydrogen-bond donors (Lipinski definition) is 1. The van der Waals surface area contributed by atoms with E-state index in [1.807, 2.05) is 68.4 Å². The summed E-state index contributed by atoms with van der Waals surface area (Å²) >= 11 is 0. The van der Waals surface area contributed by atoms with E-state index in [0.717, 1.165) is 16.8 Å². The Bertz CT molecular complexity index is 620. The first-order valence-corrected chi connectivity index (χ1v) is 7.20. The van der Waals surface area contributed by atoms with Crippen LogP contribution in [0.3, 0.4) is 0 Å². The van der Waals surface area contributed by atoms with Crippen molar-refractivity contribution in [3.05, 3.63) is 65.7 Å². The Morgan fingerprint density at radius 3 is 2.24 bits per heavy atom. The molecule has 0 aliphatic rings. The Morgan fingerprint density at radius 2 is 1.67 bits per heavy atom. The maximum atomic E-state index is 13.0. The second kappa shape index (κ2) is 6.10. The first-order chi connectivity index (χ1) is 9.98. The molecule has 3 nitrogen and oxygen atoms in total. The lowest BCUT2D eigenvalue weighted by molar-refractivity contribution is -0.123. The molecular weight excluding hydrogens is 260 g/mol. The largest absolute Gasteiger partial charge is 0.314 e. The molecule has 2 aromatic carbocycles. The van der Waals surface area contributed by atoms with Crippen molar-refractivity contribution in [2.75, 3.05) is 11.4 Å². The van der Waals surface area contributed by atoms with E-state index in [1.54, 1.807) is 11.8 Å². The number of hydrogen-bond acceptors (Lipinski definition) is 2. The number of nitrogens with two attached hydrogens (primary N) is 1. The van der Waals surface area contributed by atoms with Crippen molar-refractivity contribution in [3.8, 4) is 0 Å². The summed E-state index contributed by atoms with van der Waals surface area (Å²) < 4.78 is 0. The number of amides is 1. The fourth-order valence-corrected chi connectivity index (χ4v) is 2.48. The summed E-state index contributed by atoms with van der Waals surface area (Å²) in [7, 11) is 0. The third kappa shape index (κ3) is 2.98. The third-order valence-corrected chi connectivity index (χ3v) is 3.79. The molecule has 2 rings (SSSR count).